The largest absolute Gasteiger partial charge is 0.480 e. The van der Waals surface area contributed by atoms with Crippen molar-refractivity contribution in [2.45, 2.75) is 12.3 Å². The minimum absolute atomic E-state index is 0.0791. The summed E-state index contributed by atoms with van der Waals surface area (Å²) in [5, 5.41) is 8.59. The van der Waals surface area contributed by atoms with Gasteiger partial charge in [0.15, 0.2) is 0 Å². The van der Waals surface area contributed by atoms with Crippen LogP contribution in [0, 0.1) is 17.6 Å². The highest BCUT2D eigenvalue weighted by Gasteiger charge is 2.47. The van der Waals surface area contributed by atoms with Crippen molar-refractivity contribution in [2.24, 2.45) is 5.92 Å². The van der Waals surface area contributed by atoms with Crippen LogP contribution in [0.3, 0.4) is 0 Å². The molecular weight excluding hydrogens is 256 g/mol. The molecule has 0 radical (unpaired) electrons. The molecule has 19 heavy (non-hydrogen) atoms. The van der Waals surface area contributed by atoms with Gasteiger partial charge in [-0.1, -0.05) is 6.07 Å². The van der Waals surface area contributed by atoms with Crippen LogP contribution in [-0.4, -0.2) is 35.5 Å². The van der Waals surface area contributed by atoms with Crippen molar-refractivity contribution in [3.63, 3.8) is 0 Å². The molecule has 4 nitrogen and oxygen atoms in total. The van der Waals surface area contributed by atoms with Crippen LogP contribution in [0.25, 0.3) is 0 Å². The Bertz CT molecular complexity index is 512. The van der Waals surface area contributed by atoms with Crippen molar-refractivity contribution in [1.29, 1.82) is 0 Å². The van der Waals surface area contributed by atoms with Gasteiger partial charge in [0.1, 0.15) is 18.2 Å². The highest BCUT2D eigenvalue weighted by molar-refractivity contribution is 5.85. The first-order valence-corrected chi connectivity index (χ1v) is 5.82. The first kappa shape index (κ1) is 13.5. The number of carbonyl (C=O) groups is 2. The predicted octanol–water partition coefficient (Wildman–Crippen LogP) is 1.61. The minimum atomic E-state index is -1.12. The van der Waals surface area contributed by atoms with E-state index in [0.29, 0.717) is 6.42 Å². The van der Waals surface area contributed by atoms with Crippen molar-refractivity contribution in [1.82, 2.24) is 4.90 Å². The quantitative estimate of drug-likeness (QED) is 0.903. The van der Waals surface area contributed by atoms with Crippen molar-refractivity contribution in [3.05, 3.63) is 35.4 Å². The average Bonchev–Trinajstić information content (AvgIpc) is 3.07. The molecule has 0 spiro atoms. The van der Waals surface area contributed by atoms with E-state index in [9.17, 15) is 18.4 Å². The van der Waals surface area contributed by atoms with E-state index in [4.69, 9.17) is 5.11 Å². The summed E-state index contributed by atoms with van der Waals surface area (Å²) < 4.78 is 27.1. The number of carboxylic acid groups (broad SMARTS) is 1. The zero-order valence-corrected chi connectivity index (χ0v) is 10.3. The Morgan fingerprint density at radius 2 is 1.95 bits per heavy atom. The van der Waals surface area contributed by atoms with Crippen molar-refractivity contribution in [3.8, 4) is 0 Å². The predicted molar refractivity (Wildman–Crippen MR) is 62.5 cm³/mol. The van der Waals surface area contributed by atoms with Crippen LogP contribution in [-0.2, 0) is 9.59 Å². The number of benzene rings is 1. The zero-order valence-electron chi connectivity index (χ0n) is 10.3. The monoisotopic (exact) mass is 269 g/mol. The maximum atomic E-state index is 13.5. The van der Waals surface area contributed by atoms with Crippen LogP contribution in [0.15, 0.2) is 18.2 Å². The fourth-order valence-electron chi connectivity index (χ4n) is 2.22. The number of amides is 1. The molecule has 1 aliphatic rings. The summed E-state index contributed by atoms with van der Waals surface area (Å²) in [4.78, 5) is 23.4. The third kappa shape index (κ3) is 2.72. The summed E-state index contributed by atoms with van der Waals surface area (Å²) >= 11 is 0. The Labute approximate surface area is 108 Å². The summed E-state index contributed by atoms with van der Waals surface area (Å²) in [5.41, 5.74) is -0.0791. The molecule has 6 heteroatoms. The Hall–Kier alpha value is -1.98. The Morgan fingerprint density at radius 1 is 1.37 bits per heavy atom. The molecule has 0 aliphatic heterocycles. The van der Waals surface area contributed by atoms with E-state index in [1.54, 1.807) is 0 Å². The van der Waals surface area contributed by atoms with Gasteiger partial charge >= 0.3 is 5.97 Å². The van der Waals surface area contributed by atoms with E-state index in [1.165, 1.54) is 13.1 Å². The summed E-state index contributed by atoms with van der Waals surface area (Å²) in [6.45, 7) is -0.415. The van der Waals surface area contributed by atoms with Crippen molar-refractivity contribution < 1.29 is 23.5 Å². The van der Waals surface area contributed by atoms with Gasteiger partial charge in [-0.05, 0) is 18.6 Å². The molecule has 0 aromatic heterocycles. The molecule has 0 bridgehead atoms. The number of nitrogens with zero attached hydrogens (tertiary/aromatic N) is 1. The van der Waals surface area contributed by atoms with Gasteiger partial charge in [-0.2, -0.15) is 0 Å². The fraction of sp³-hybridized carbons (Fsp3) is 0.385. The van der Waals surface area contributed by atoms with Crippen molar-refractivity contribution >= 4 is 11.9 Å². The van der Waals surface area contributed by atoms with Crippen molar-refractivity contribution in [2.75, 3.05) is 13.6 Å². The topological polar surface area (TPSA) is 57.6 Å². The summed E-state index contributed by atoms with van der Waals surface area (Å²) in [5.74, 6) is -3.87. The number of carboxylic acids is 1. The lowest BCUT2D eigenvalue weighted by molar-refractivity contribution is -0.144. The third-order valence-corrected chi connectivity index (χ3v) is 3.23. The van der Waals surface area contributed by atoms with Crippen LogP contribution in [0.2, 0.25) is 0 Å². The van der Waals surface area contributed by atoms with Gasteiger partial charge < -0.3 is 10.0 Å². The third-order valence-electron chi connectivity index (χ3n) is 3.23. The van der Waals surface area contributed by atoms with Gasteiger partial charge in [-0.3, -0.25) is 9.59 Å². The first-order valence-electron chi connectivity index (χ1n) is 5.82. The molecule has 1 aromatic carbocycles. The van der Waals surface area contributed by atoms with E-state index in [2.05, 4.69) is 0 Å². The zero-order chi connectivity index (χ0) is 14.2. The van der Waals surface area contributed by atoms with Crippen LogP contribution < -0.4 is 0 Å². The van der Waals surface area contributed by atoms with Crippen LogP contribution >= 0.6 is 0 Å². The smallest absolute Gasteiger partial charge is 0.323 e. The standard InChI is InChI=1S/C13H13F2NO3/c1-16(6-11(17)18)13(19)8-5-7(8)12-9(14)3-2-4-10(12)15/h2-4,7-8H,5-6H2,1H3,(H,17,18)/t7-,8+/m0/s1. The summed E-state index contributed by atoms with van der Waals surface area (Å²) in [6.07, 6.45) is 0.348. The SMILES string of the molecule is CN(CC(=O)O)C(=O)[C@@H]1C[C@@H]1c1c(F)cccc1F. The van der Waals surface area contributed by atoms with Gasteiger partial charge in [0.05, 0.1) is 0 Å². The van der Waals surface area contributed by atoms with Crippen LogP contribution in [0.1, 0.15) is 17.9 Å². The van der Waals surface area contributed by atoms with E-state index in [-0.39, 0.29) is 5.56 Å². The lowest BCUT2D eigenvalue weighted by Gasteiger charge is -2.14. The Kier molecular flexibility index (Phi) is 3.50. The molecule has 1 saturated carbocycles. The number of carbonyl (C=O) groups excluding carboxylic acids is 1. The normalized spacial score (nSPS) is 21.0. The molecule has 0 saturated heterocycles. The molecule has 102 valence electrons. The maximum absolute atomic E-state index is 13.5. The molecule has 2 atom stereocenters. The molecule has 1 aromatic rings. The molecule has 0 unspecified atom stereocenters. The minimum Gasteiger partial charge on any atom is -0.480 e. The lowest BCUT2D eigenvalue weighted by Crippen LogP contribution is -2.33. The van der Waals surface area contributed by atoms with E-state index in [1.807, 2.05) is 0 Å². The van der Waals surface area contributed by atoms with Gasteiger partial charge in [0, 0.05) is 24.4 Å². The van der Waals surface area contributed by atoms with Gasteiger partial charge in [0.25, 0.3) is 0 Å². The number of rotatable bonds is 4. The maximum Gasteiger partial charge on any atom is 0.323 e. The lowest BCUT2D eigenvalue weighted by atomic mass is 10.1. The summed E-state index contributed by atoms with van der Waals surface area (Å²) in [6, 6.07) is 3.57. The average molecular weight is 269 g/mol. The molecule has 0 heterocycles. The Balaban J connectivity index is 2.09. The molecule has 1 fully saturated rings. The molecule has 1 N–H and O–H groups in total. The highest BCUT2D eigenvalue weighted by Crippen LogP contribution is 2.49. The number of halogens is 2. The molecule has 2 rings (SSSR count). The summed E-state index contributed by atoms with van der Waals surface area (Å²) in [7, 11) is 1.36. The second kappa shape index (κ2) is 4.95. The second-order valence-electron chi connectivity index (χ2n) is 4.67. The number of hydrogen-bond acceptors (Lipinski definition) is 2. The number of aliphatic carboxylic acids is 1. The number of hydrogen-bond donors (Lipinski definition) is 1. The van der Waals surface area contributed by atoms with E-state index < -0.39 is 41.9 Å². The van der Waals surface area contributed by atoms with Gasteiger partial charge in [-0.25, -0.2) is 8.78 Å². The van der Waals surface area contributed by atoms with Crippen LogP contribution in [0.5, 0.6) is 0 Å². The molecule has 1 aliphatic carbocycles. The Morgan fingerprint density at radius 3 is 2.47 bits per heavy atom. The second-order valence-corrected chi connectivity index (χ2v) is 4.67. The van der Waals surface area contributed by atoms with Gasteiger partial charge in [-0.15, -0.1) is 0 Å². The molecular formula is C13H13F2NO3. The van der Waals surface area contributed by atoms with E-state index in [0.717, 1.165) is 17.0 Å². The van der Waals surface area contributed by atoms with Gasteiger partial charge in [0.2, 0.25) is 5.91 Å². The highest BCUT2D eigenvalue weighted by atomic mass is 19.1. The first-order chi connectivity index (χ1) is 8.91. The molecule has 1 amide bonds. The van der Waals surface area contributed by atoms with Crippen LogP contribution in [0.4, 0.5) is 8.78 Å². The number of likely N-dealkylation sites (N-methyl/N-ethyl adjacent to an activating group) is 1. The van der Waals surface area contributed by atoms with E-state index >= 15 is 0 Å². The fourth-order valence-corrected chi connectivity index (χ4v) is 2.22.